The van der Waals surface area contributed by atoms with Crippen LogP contribution in [0, 0.1) is 0 Å². The molecule has 4 rings (SSSR count). The van der Waals surface area contributed by atoms with E-state index in [1.165, 1.54) is 0 Å². The number of carboxylic acids is 1. The molecule has 0 spiro atoms. The van der Waals surface area contributed by atoms with Gasteiger partial charge < -0.3 is 89.7 Å². The van der Waals surface area contributed by atoms with Crippen LogP contribution in [-0.2, 0) is 62.5 Å². The molecule has 0 bridgehead atoms. The number of carbonyl (C=O) groups is 3. The first-order valence-corrected chi connectivity index (χ1v) is 24.5. The van der Waals surface area contributed by atoms with Crippen LogP contribution in [0.5, 0.6) is 0 Å². The van der Waals surface area contributed by atoms with Crippen molar-refractivity contribution in [3.63, 3.8) is 0 Å². The molecule has 1 aromatic carbocycles. The molecule has 3 fully saturated rings. The number of anilines is 2. The number of aliphatic hydroxyl groups is 7. The summed E-state index contributed by atoms with van der Waals surface area (Å²) in [6.07, 6.45) is -25.9. The van der Waals surface area contributed by atoms with Crippen LogP contribution < -0.4 is 110 Å². The Hall–Kier alpha value is 0.430. The first-order chi connectivity index (χ1) is 30.0. The summed E-state index contributed by atoms with van der Waals surface area (Å²) < 4.78 is 100. The molecule has 15 atom stereocenters. The van der Waals surface area contributed by atoms with E-state index in [1.807, 2.05) is 21.6 Å². The molecule has 67 heavy (non-hydrogen) atoms. The molecule has 3 heterocycles. The molecule has 3 aliphatic heterocycles. The molecular formula is C34H50N3Na3O23S4. The summed E-state index contributed by atoms with van der Waals surface area (Å²) in [6.45, 7) is -1.90. The molecule has 3 aliphatic rings. The molecule has 26 nitrogen and oxygen atoms in total. The first kappa shape index (κ1) is 65.4. The Bertz CT molecular complexity index is 1930. The summed E-state index contributed by atoms with van der Waals surface area (Å²) in [7, 11) is -7.94. The fourth-order valence-corrected chi connectivity index (χ4v) is 10.8. The van der Waals surface area contributed by atoms with E-state index < -0.39 is 138 Å². The molecule has 1 unspecified atom stereocenters. The number of ether oxygens (including phenoxy) is 4. The monoisotopic (exact) mass is 1070 g/mol. The molecule has 0 radical (unpaired) electrons. The van der Waals surface area contributed by atoms with Gasteiger partial charge in [0.25, 0.3) is 0 Å². The standard InChI is InChI=1S/C34H53N3O23S4.3Na/c1-15(39)36-23-29(57-34-31(60-64(52,53)54)27(46)26(45)30(58-34)32(47)48)28(59-63(49,50)51)21(13-38)56-33(23)55-14-20(41)25(44)24(43)19(40)12-35-16-5-4-6-17(11-16)37-22(42)8-3-2-7-18-9-10-61-62-18;;;/h4-6,11,18-21,23-31,33-35,38,40-41,43-46H,2-3,7-10,12-14H2,1H3,(H,36,39)(H,37,42)(H,47,48)(H,49,50,51)(H,52,53,54);;;/q;3*+1/p-3/t18?,19-,20+,21+,23+,24+,25+,26-,27-,28-,29+,30-,31+,33-,34+;;;/m0.../s1. The minimum Gasteiger partial charge on any atom is -0.726 e. The zero-order chi connectivity index (χ0) is 47.5. The second-order valence-electron chi connectivity index (χ2n) is 14.7. The average Bonchev–Trinajstić information content (AvgIpc) is 3.74. The number of hydrogen-bond donors (Lipinski definition) is 10. The Morgan fingerprint density at radius 2 is 1.51 bits per heavy atom. The van der Waals surface area contributed by atoms with Gasteiger partial charge in [-0.05, 0) is 37.5 Å². The smallest absolute Gasteiger partial charge is 0.726 e. The summed E-state index contributed by atoms with van der Waals surface area (Å²) in [4.78, 5) is 36.6. The number of hydrogen-bond acceptors (Lipinski definition) is 26. The van der Waals surface area contributed by atoms with Crippen LogP contribution in [0.15, 0.2) is 24.3 Å². The van der Waals surface area contributed by atoms with Crippen molar-refractivity contribution in [2.75, 3.05) is 36.1 Å². The van der Waals surface area contributed by atoms with E-state index in [4.69, 9.17) is 18.9 Å². The van der Waals surface area contributed by atoms with E-state index in [1.54, 1.807) is 24.3 Å². The SMILES string of the molecule is CC(=O)N[C@H]1[C@@H](OC[C@@H](O)[C@@H](O)[C@H](O)[C@@H](O)CNc2cccc(NC(=O)CCCCC3CCSS3)c2)O[C@H](CO)[C@H](OS(=O)(=O)[O-])[C@@H]1O[C@@H]1O[C@H](C(=O)[O-])[C@@H](O)[C@H](O)[C@H]1OS(=O)(=O)[O-].[Na+].[Na+].[Na+]. The topological polar surface area (TPSA) is 422 Å². The second kappa shape index (κ2) is 30.6. The number of aliphatic hydroxyl groups excluding tert-OH is 7. The van der Waals surface area contributed by atoms with E-state index in [0.717, 1.165) is 38.4 Å². The predicted octanol–water partition coefficient (Wildman–Crippen LogP) is -14.3. The molecule has 33 heteroatoms. The largest absolute Gasteiger partial charge is 1.00 e. The van der Waals surface area contributed by atoms with Crippen LogP contribution in [0.3, 0.4) is 0 Å². The molecule has 1 aromatic rings. The first-order valence-electron chi connectivity index (χ1n) is 19.4. The van der Waals surface area contributed by atoms with Crippen molar-refractivity contribution >= 4 is 71.5 Å². The Balaban J connectivity index is 0.00000748. The molecular weight excluding hydrogens is 1020 g/mol. The molecule has 2 amide bonds. The maximum Gasteiger partial charge on any atom is 1.00 e. The number of carboxylic acid groups (broad SMARTS) is 1. The van der Waals surface area contributed by atoms with Gasteiger partial charge in [0.15, 0.2) is 18.7 Å². The molecule has 0 aromatic heterocycles. The van der Waals surface area contributed by atoms with Gasteiger partial charge in [0.05, 0.1) is 25.3 Å². The summed E-state index contributed by atoms with van der Waals surface area (Å²) in [5.74, 6) is -2.32. The number of unbranched alkanes of at least 4 members (excludes halogenated alkanes) is 1. The maximum atomic E-state index is 12.5. The van der Waals surface area contributed by atoms with E-state index in [0.29, 0.717) is 23.0 Å². The van der Waals surface area contributed by atoms with Gasteiger partial charge >= 0.3 is 88.7 Å². The summed E-state index contributed by atoms with van der Waals surface area (Å²) in [5, 5.41) is 93.8. The third-order valence-corrected chi connectivity index (χ3v) is 13.8. The van der Waals surface area contributed by atoms with Crippen molar-refractivity contribution in [3.8, 4) is 0 Å². The van der Waals surface area contributed by atoms with Crippen molar-refractivity contribution in [2.45, 2.75) is 130 Å². The normalized spacial score (nSPS) is 29.4. The second-order valence-corrected chi connectivity index (χ2v) is 19.6. The van der Waals surface area contributed by atoms with Crippen LogP contribution in [0.4, 0.5) is 11.4 Å². The number of amides is 2. The zero-order valence-electron chi connectivity index (χ0n) is 36.6. The van der Waals surface area contributed by atoms with E-state index in [-0.39, 0.29) is 94.6 Å². The van der Waals surface area contributed by atoms with Crippen LogP contribution >= 0.6 is 21.6 Å². The number of aliphatic carboxylic acids is 1. The van der Waals surface area contributed by atoms with Gasteiger partial charge in [0.1, 0.15) is 61.0 Å². The Kier molecular flexibility index (Phi) is 29.9. The van der Waals surface area contributed by atoms with Crippen LogP contribution in [-0.4, -0.2) is 196 Å². The quantitative estimate of drug-likeness (QED) is 0.0151. The fraction of sp³-hybridized carbons (Fsp3) is 0.735. The molecule has 0 saturated carbocycles. The van der Waals surface area contributed by atoms with Crippen molar-refractivity contribution in [1.29, 1.82) is 0 Å². The number of carbonyl (C=O) groups excluding carboxylic acids is 3. The van der Waals surface area contributed by atoms with Crippen LogP contribution in [0.2, 0.25) is 0 Å². The minimum absolute atomic E-state index is 0. The zero-order valence-corrected chi connectivity index (χ0v) is 45.9. The molecule has 0 aliphatic carbocycles. The summed E-state index contributed by atoms with van der Waals surface area (Å²) >= 11 is 0. The van der Waals surface area contributed by atoms with E-state index in [2.05, 4.69) is 24.3 Å². The van der Waals surface area contributed by atoms with Crippen molar-refractivity contribution < 1.29 is 197 Å². The Morgan fingerprint density at radius 3 is 2.09 bits per heavy atom. The third-order valence-electron chi connectivity index (χ3n) is 9.86. The number of rotatable bonds is 24. The summed E-state index contributed by atoms with van der Waals surface area (Å²) in [6, 6.07) is 4.37. The van der Waals surface area contributed by atoms with Crippen molar-refractivity contribution in [3.05, 3.63) is 24.3 Å². The van der Waals surface area contributed by atoms with Gasteiger partial charge in [-0.25, -0.2) is 16.8 Å². The van der Waals surface area contributed by atoms with E-state index >= 15 is 0 Å². The molecule has 10 N–H and O–H groups in total. The Labute approximate surface area is 459 Å². The van der Waals surface area contributed by atoms with Crippen molar-refractivity contribution in [2.24, 2.45) is 0 Å². The van der Waals surface area contributed by atoms with Crippen LogP contribution in [0.25, 0.3) is 0 Å². The third kappa shape index (κ3) is 21.1. The van der Waals surface area contributed by atoms with Gasteiger partial charge in [-0.1, -0.05) is 34.1 Å². The number of benzene rings is 1. The van der Waals surface area contributed by atoms with E-state index in [9.17, 15) is 81.2 Å². The van der Waals surface area contributed by atoms with Gasteiger partial charge in [-0.3, -0.25) is 18.0 Å². The van der Waals surface area contributed by atoms with Gasteiger partial charge in [-0.2, -0.15) is 0 Å². The predicted molar refractivity (Wildman–Crippen MR) is 214 cm³/mol. The Morgan fingerprint density at radius 1 is 0.881 bits per heavy atom. The molecule has 3 saturated heterocycles. The van der Waals surface area contributed by atoms with Gasteiger partial charge in [0, 0.05) is 42.3 Å². The average molecular weight is 1070 g/mol. The number of nitrogens with one attached hydrogen (secondary N) is 3. The minimum atomic E-state index is -5.85. The maximum absolute atomic E-state index is 12.5. The summed E-state index contributed by atoms with van der Waals surface area (Å²) in [5.41, 5.74) is 0.838. The van der Waals surface area contributed by atoms with Gasteiger partial charge in [0.2, 0.25) is 32.6 Å². The van der Waals surface area contributed by atoms with Gasteiger partial charge in [-0.15, -0.1) is 0 Å². The van der Waals surface area contributed by atoms with Crippen molar-refractivity contribution in [1.82, 2.24) is 5.32 Å². The molecule has 366 valence electrons. The fourth-order valence-electron chi connectivity index (χ4n) is 6.77. The van der Waals surface area contributed by atoms with Crippen LogP contribution in [0.1, 0.15) is 39.0 Å².